The average Bonchev–Trinajstić information content (AvgIpc) is 2.73. The lowest BCUT2D eigenvalue weighted by atomic mass is 10.1. The van der Waals surface area contributed by atoms with E-state index in [1.165, 1.54) is 0 Å². The van der Waals surface area contributed by atoms with Gasteiger partial charge >= 0.3 is 0 Å². The topological polar surface area (TPSA) is 92.7 Å². The maximum atomic E-state index is 12.5. The van der Waals surface area contributed by atoms with E-state index in [-0.39, 0.29) is 18.5 Å². The number of piperazine rings is 1. The molecule has 0 amide bonds. The second-order valence-corrected chi connectivity index (χ2v) is 9.98. The predicted octanol–water partition coefficient (Wildman–Crippen LogP) is 0.910. The molecule has 0 aliphatic carbocycles. The van der Waals surface area contributed by atoms with Crippen LogP contribution in [0.1, 0.15) is 40.0 Å². The maximum absolute atomic E-state index is 12.5. The minimum Gasteiger partial charge on any atom is -0.381 e. The molecule has 0 spiro atoms. The van der Waals surface area contributed by atoms with Gasteiger partial charge in [0.15, 0.2) is 5.96 Å². The van der Waals surface area contributed by atoms with Crippen LogP contribution in [0.15, 0.2) is 4.99 Å². The summed E-state index contributed by atoms with van der Waals surface area (Å²) in [5.74, 6) is 0.885. The lowest BCUT2D eigenvalue weighted by molar-refractivity contribution is -0.0318. The summed E-state index contributed by atoms with van der Waals surface area (Å²) < 4.78 is 43.2. The molecule has 2 rings (SSSR count). The van der Waals surface area contributed by atoms with Crippen molar-refractivity contribution in [3.63, 3.8) is 0 Å². The van der Waals surface area contributed by atoms with Crippen molar-refractivity contribution < 1.29 is 22.6 Å². The fraction of sp³-hybridized carbons (Fsp3) is 0.950. The van der Waals surface area contributed by atoms with E-state index in [2.05, 4.69) is 10.2 Å². The summed E-state index contributed by atoms with van der Waals surface area (Å²) in [5, 5.41) is 3.32. The Hall–Kier alpha value is -0.940. The summed E-state index contributed by atoms with van der Waals surface area (Å²) >= 11 is 0. The fourth-order valence-electron chi connectivity index (χ4n) is 3.46. The molecule has 0 radical (unpaired) electrons. The van der Waals surface area contributed by atoms with Gasteiger partial charge in [0.25, 0.3) is 0 Å². The number of aliphatic imine (C=N–C) groups is 1. The van der Waals surface area contributed by atoms with Gasteiger partial charge in [-0.15, -0.1) is 0 Å². The number of nitrogens with one attached hydrogen (secondary N) is 1. The highest BCUT2D eigenvalue weighted by Crippen LogP contribution is 2.11. The van der Waals surface area contributed by atoms with Gasteiger partial charge < -0.3 is 24.4 Å². The summed E-state index contributed by atoms with van der Waals surface area (Å²) in [6, 6.07) is 0. The molecule has 0 unspecified atom stereocenters. The van der Waals surface area contributed by atoms with Crippen LogP contribution in [-0.4, -0.2) is 107 Å². The zero-order valence-electron chi connectivity index (χ0n) is 18.8. The Kier molecular flexibility index (Phi) is 11.4. The fourth-order valence-corrected chi connectivity index (χ4v) is 4.75. The van der Waals surface area contributed by atoms with Gasteiger partial charge in [0.05, 0.1) is 24.6 Å². The standard InChI is InChI=1S/C20H40N4O5S/c1-4-21-20(22-8-5-13-29-19-6-14-27-15-7-19)23-9-11-24(12-10-23)30(25,26)17-16-28-18(2)3/h18-19H,4-17H2,1-3H3,(H,21,22). The van der Waals surface area contributed by atoms with Crippen molar-refractivity contribution in [3.05, 3.63) is 0 Å². The first kappa shape index (κ1) is 25.3. The molecule has 0 aromatic rings. The molecule has 2 saturated heterocycles. The molecule has 1 N–H and O–H groups in total. The van der Waals surface area contributed by atoms with Gasteiger partial charge in [-0.05, 0) is 40.0 Å². The molecule has 2 heterocycles. The third-order valence-electron chi connectivity index (χ3n) is 5.14. The Morgan fingerprint density at radius 1 is 1.17 bits per heavy atom. The van der Waals surface area contributed by atoms with Gasteiger partial charge in [0.1, 0.15) is 0 Å². The van der Waals surface area contributed by atoms with E-state index < -0.39 is 10.0 Å². The lowest BCUT2D eigenvalue weighted by Gasteiger charge is -2.36. The number of sulfonamides is 1. The van der Waals surface area contributed by atoms with E-state index in [1.54, 1.807) is 4.31 Å². The number of hydrogen-bond acceptors (Lipinski definition) is 6. The first-order valence-corrected chi connectivity index (χ1v) is 12.9. The van der Waals surface area contributed by atoms with Crippen LogP contribution in [0.25, 0.3) is 0 Å². The van der Waals surface area contributed by atoms with Crippen LogP contribution >= 0.6 is 0 Å². The largest absolute Gasteiger partial charge is 0.381 e. The van der Waals surface area contributed by atoms with Crippen LogP contribution in [0.5, 0.6) is 0 Å². The van der Waals surface area contributed by atoms with Crippen LogP contribution < -0.4 is 5.32 Å². The summed E-state index contributed by atoms with van der Waals surface area (Å²) in [7, 11) is -3.28. The number of guanidine groups is 1. The van der Waals surface area contributed by atoms with Gasteiger partial charge in [-0.3, -0.25) is 4.99 Å². The quantitative estimate of drug-likeness (QED) is 0.285. The van der Waals surface area contributed by atoms with Crippen molar-refractivity contribution in [3.8, 4) is 0 Å². The van der Waals surface area contributed by atoms with Gasteiger partial charge in [-0.25, -0.2) is 8.42 Å². The van der Waals surface area contributed by atoms with Crippen molar-refractivity contribution in [1.29, 1.82) is 0 Å². The predicted molar refractivity (Wildman–Crippen MR) is 118 cm³/mol. The van der Waals surface area contributed by atoms with E-state index in [1.807, 2.05) is 20.8 Å². The molecule has 0 bridgehead atoms. The summed E-state index contributed by atoms with van der Waals surface area (Å²) in [6.07, 6.45) is 3.18. The van der Waals surface area contributed by atoms with E-state index in [4.69, 9.17) is 19.2 Å². The highest BCUT2D eigenvalue weighted by Gasteiger charge is 2.28. The summed E-state index contributed by atoms with van der Waals surface area (Å²) in [4.78, 5) is 6.85. The SMILES string of the molecule is CCNC(=NCCCOC1CCOCC1)N1CCN(S(=O)(=O)CCOC(C)C)CC1. The van der Waals surface area contributed by atoms with Crippen molar-refractivity contribution in [2.24, 2.45) is 4.99 Å². The van der Waals surface area contributed by atoms with Crippen LogP contribution in [-0.2, 0) is 24.2 Å². The average molecular weight is 449 g/mol. The molecule has 0 aromatic heterocycles. The molecule has 2 aliphatic rings. The second kappa shape index (κ2) is 13.5. The van der Waals surface area contributed by atoms with Gasteiger partial charge in [-0.1, -0.05) is 0 Å². The van der Waals surface area contributed by atoms with Crippen molar-refractivity contribution in [1.82, 2.24) is 14.5 Å². The molecule has 2 fully saturated rings. The van der Waals surface area contributed by atoms with Crippen LogP contribution in [0.4, 0.5) is 0 Å². The third-order valence-corrected chi connectivity index (χ3v) is 6.98. The Morgan fingerprint density at radius 2 is 1.87 bits per heavy atom. The maximum Gasteiger partial charge on any atom is 0.216 e. The monoisotopic (exact) mass is 448 g/mol. The Morgan fingerprint density at radius 3 is 2.50 bits per heavy atom. The molecular formula is C20H40N4O5S. The molecule has 0 saturated carbocycles. The van der Waals surface area contributed by atoms with Crippen LogP contribution in [0.3, 0.4) is 0 Å². The highest BCUT2D eigenvalue weighted by molar-refractivity contribution is 7.89. The molecule has 30 heavy (non-hydrogen) atoms. The normalized spacial score (nSPS) is 20.1. The van der Waals surface area contributed by atoms with Crippen LogP contribution in [0, 0.1) is 0 Å². The van der Waals surface area contributed by atoms with Gasteiger partial charge in [-0.2, -0.15) is 4.31 Å². The number of hydrogen-bond donors (Lipinski definition) is 1. The minimum atomic E-state index is -3.28. The van der Waals surface area contributed by atoms with Crippen LogP contribution in [0.2, 0.25) is 0 Å². The number of rotatable bonds is 11. The molecule has 10 heteroatoms. The first-order valence-electron chi connectivity index (χ1n) is 11.2. The molecular weight excluding hydrogens is 408 g/mol. The Bertz CT molecular complexity index is 600. The van der Waals surface area contributed by atoms with E-state index in [0.717, 1.165) is 45.0 Å². The van der Waals surface area contributed by atoms with Crippen molar-refractivity contribution in [2.45, 2.75) is 52.2 Å². The molecule has 9 nitrogen and oxygen atoms in total. The second-order valence-electron chi connectivity index (χ2n) is 7.89. The van der Waals surface area contributed by atoms with Crippen molar-refractivity contribution in [2.75, 3.05) is 71.4 Å². The van der Waals surface area contributed by atoms with Gasteiger partial charge in [0, 0.05) is 59.1 Å². The molecule has 0 aromatic carbocycles. The molecule has 176 valence electrons. The van der Waals surface area contributed by atoms with E-state index in [0.29, 0.717) is 45.4 Å². The van der Waals surface area contributed by atoms with Crippen molar-refractivity contribution >= 4 is 16.0 Å². The Balaban J connectivity index is 1.73. The Labute approximate surface area is 182 Å². The zero-order valence-corrected chi connectivity index (χ0v) is 19.7. The number of ether oxygens (including phenoxy) is 3. The molecule has 2 aliphatic heterocycles. The first-order chi connectivity index (χ1) is 14.4. The van der Waals surface area contributed by atoms with Gasteiger partial charge in [0.2, 0.25) is 10.0 Å². The third kappa shape index (κ3) is 9.05. The molecule has 0 atom stereocenters. The summed E-state index contributed by atoms with van der Waals surface area (Å²) in [6.45, 7) is 12.1. The number of nitrogens with zero attached hydrogens (tertiary/aromatic N) is 3. The lowest BCUT2D eigenvalue weighted by Crippen LogP contribution is -2.54. The van der Waals surface area contributed by atoms with E-state index in [9.17, 15) is 8.42 Å². The summed E-state index contributed by atoms with van der Waals surface area (Å²) in [5.41, 5.74) is 0. The minimum absolute atomic E-state index is 0.0342. The zero-order chi connectivity index (χ0) is 21.8. The van der Waals surface area contributed by atoms with E-state index >= 15 is 0 Å². The smallest absolute Gasteiger partial charge is 0.216 e. The highest BCUT2D eigenvalue weighted by atomic mass is 32.2.